The maximum absolute atomic E-state index is 12.6. The molecule has 4 aromatic rings. The van der Waals surface area contributed by atoms with Crippen molar-refractivity contribution in [3.8, 4) is 23.0 Å². The fourth-order valence-corrected chi connectivity index (χ4v) is 3.97. The third kappa shape index (κ3) is 2.91. The predicted octanol–water partition coefficient (Wildman–Crippen LogP) is -1.21. The topological polar surface area (TPSA) is 220 Å². The van der Waals surface area contributed by atoms with Gasteiger partial charge in [0, 0.05) is 10.8 Å². The summed E-state index contributed by atoms with van der Waals surface area (Å²) in [4.78, 5) is 25.1. The fraction of sp³-hybridized carbons (Fsp3) is 0.300. The number of ether oxygens (including phenoxy) is 2. The van der Waals surface area contributed by atoms with Crippen molar-refractivity contribution in [3.63, 3.8) is 0 Å². The van der Waals surface area contributed by atoms with Crippen LogP contribution in [0, 0.1) is 0 Å². The average Bonchev–Trinajstić information content (AvgIpc) is 2.78. The zero-order valence-corrected chi connectivity index (χ0v) is 16.3. The normalized spacial score (nSPS) is 25.9. The van der Waals surface area contributed by atoms with Gasteiger partial charge in [0.2, 0.25) is 17.8 Å². The van der Waals surface area contributed by atoms with Crippen LogP contribution >= 0.6 is 0 Å². The smallest absolute Gasteiger partial charge is 0.344 e. The monoisotopic (exact) mass is 464 g/mol. The number of benzene rings is 2. The summed E-state index contributed by atoms with van der Waals surface area (Å²) in [6.45, 7) is -0.742. The van der Waals surface area contributed by atoms with E-state index in [0.29, 0.717) is 0 Å². The van der Waals surface area contributed by atoms with Gasteiger partial charge in [-0.15, -0.1) is 0 Å². The first-order chi connectivity index (χ1) is 15.6. The number of aliphatic hydroxyl groups excluding tert-OH is 4. The van der Waals surface area contributed by atoms with Gasteiger partial charge in [-0.05, 0) is 12.1 Å². The van der Waals surface area contributed by atoms with Gasteiger partial charge in [-0.1, -0.05) is 0 Å². The molecule has 33 heavy (non-hydrogen) atoms. The minimum Gasteiger partial charge on any atom is -0.504 e. The Morgan fingerprint density at radius 2 is 1.39 bits per heavy atom. The van der Waals surface area contributed by atoms with E-state index >= 15 is 0 Å². The van der Waals surface area contributed by atoms with Gasteiger partial charge in [0.1, 0.15) is 24.4 Å². The van der Waals surface area contributed by atoms with E-state index in [-0.39, 0.29) is 21.5 Å². The van der Waals surface area contributed by atoms with Crippen molar-refractivity contribution in [2.45, 2.75) is 30.7 Å². The zero-order valence-electron chi connectivity index (χ0n) is 16.3. The Kier molecular flexibility index (Phi) is 4.63. The number of aliphatic hydroxyl groups is 4. The molecule has 5 atom stereocenters. The van der Waals surface area contributed by atoms with E-state index in [2.05, 4.69) is 0 Å². The van der Waals surface area contributed by atoms with E-state index in [4.69, 9.17) is 18.3 Å². The molecule has 1 unspecified atom stereocenters. The molecular weight excluding hydrogens is 448 g/mol. The van der Waals surface area contributed by atoms with Crippen molar-refractivity contribution in [1.29, 1.82) is 0 Å². The molecule has 174 valence electrons. The lowest BCUT2D eigenvalue weighted by Crippen LogP contribution is -2.60. The van der Waals surface area contributed by atoms with E-state index in [1.54, 1.807) is 0 Å². The molecule has 0 bridgehead atoms. The summed E-state index contributed by atoms with van der Waals surface area (Å²) < 4.78 is 21.0. The third-order valence-electron chi connectivity index (χ3n) is 5.61. The molecule has 1 aliphatic rings. The van der Waals surface area contributed by atoms with Crippen LogP contribution in [-0.2, 0) is 4.74 Å². The Morgan fingerprint density at radius 1 is 0.818 bits per heavy atom. The highest BCUT2D eigenvalue weighted by molar-refractivity contribution is 6.22. The van der Waals surface area contributed by atoms with E-state index < -0.39 is 82.7 Å². The summed E-state index contributed by atoms with van der Waals surface area (Å²) in [7, 11) is 0. The largest absolute Gasteiger partial charge is 0.504 e. The Bertz CT molecular complexity index is 1500. The van der Waals surface area contributed by atoms with Crippen molar-refractivity contribution in [3.05, 3.63) is 33.0 Å². The van der Waals surface area contributed by atoms with Crippen LogP contribution in [0.5, 0.6) is 23.0 Å². The van der Waals surface area contributed by atoms with Crippen LogP contribution in [0.2, 0.25) is 0 Å². The predicted molar refractivity (Wildman–Crippen MR) is 107 cm³/mol. The Labute approximate surface area is 180 Å². The highest BCUT2D eigenvalue weighted by Crippen LogP contribution is 2.45. The SMILES string of the molecule is O=c1oc2c(OC3O[C@H](CO)[C@@H](O)[C@H](O)[C@H]3O)c(O)cc3c(=O)oc4c(O)c(O)cc1c4c23. The molecule has 5 rings (SSSR count). The molecule has 1 aliphatic heterocycles. The summed E-state index contributed by atoms with van der Waals surface area (Å²) in [5, 5.41) is 69.3. The van der Waals surface area contributed by atoms with Crippen LogP contribution in [0.1, 0.15) is 0 Å². The van der Waals surface area contributed by atoms with Crippen LogP contribution < -0.4 is 16.0 Å². The Morgan fingerprint density at radius 3 is 2.03 bits per heavy atom. The van der Waals surface area contributed by atoms with Gasteiger partial charge in [0.25, 0.3) is 0 Å². The minimum atomic E-state index is -1.85. The molecule has 7 N–H and O–H groups in total. The lowest BCUT2D eigenvalue weighted by atomic mass is 9.99. The van der Waals surface area contributed by atoms with E-state index in [9.17, 15) is 45.3 Å². The molecule has 0 radical (unpaired) electrons. The molecule has 2 aromatic heterocycles. The lowest BCUT2D eigenvalue weighted by molar-refractivity contribution is -0.277. The molecular formula is C20H16O13. The Balaban J connectivity index is 1.78. The zero-order chi connectivity index (χ0) is 23.8. The number of phenols is 3. The summed E-state index contributed by atoms with van der Waals surface area (Å²) in [5.41, 5.74) is -3.09. The van der Waals surface area contributed by atoms with Gasteiger partial charge in [0.15, 0.2) is 22.7 Å². The standard InChI is InChI=1S/C20H16O13/c21-3-8-12(25)13(26)14(27)20(30-8)33-15-7(23)2-5-10-9-4(19(29)32-17(10)15)1-6(22)11(24)16(9)31-18(5)28/h1-2,8,12-14,20-27H,3H2/t8-,12-,13+,14-,20?/m1/s1. The highest BCUT2D eigenvalue weighted by atomic mass is 16.7. The van der Waals surface area contributed by atoms with Gasteiger partial charge in [-0.25, -0.2) is 9.59 Å². The highest BCUT2D eigenvalue weighted by Gasteiger charge is 2.45. The molecule has 0 spiro atoms. The molecule has 13 nitrogen and oxygen atoms in total. The van der Waals surface area contributed by atoms with Gasteiger partial charge >= 0.3 is 11.3 Å². The maximum atomic E-state index is 12.6. The van der Waals surface area contributed by atoms with Gasteiger partial charge in [-0.3, -0.25) is 0 Å². The molecule has 0 aliphatic carbocycles. The average molecular weight is 464 g/mol. The van der Waals surface area contributed by atoms with Crippen LogP contribution in [0.15, 0.2) is 30.6 Å². The number of hydrogen-bond donors (Lipinski definition) is 7. The van der Waals surface area contributed by atoms with E-state index in [0.717, 1.165) is 12.1 Å². The maximum Gasteiger partial charge on any atom is 0.344 e. The fourth-order valence-electron chi connectivity index (χ4n) is 3.97. The second kappa shape index (κ2) is 7.19. The van der Waals surface area contributed by atoms with Gasteiger partial charge in [-0.2, -0.15) is 0 Å². The van der Waals surface area contributed by atoms with Crippen molar-refractivity contribution in [1.82, 2.24) is 0 Å². The summed E-state index contributed by atoms with van der Waals surface area (Å²) in [5.74, 6) is -2.86. The van der Waals surface area contributed by atoms with Crippen LogP contribution in [0.3, 0.4) is 0 Å². The number of phenolic OH excluding ortho intramolecular Hbond substituents is 3. The first-order valence-corrected chi connectivity index (χ1v) is 9.54. The van der Waals surface area contributed by atoms with E-state index in [1.807, 2.05) is 0 Å². The third-order valence-corrected chi connectivity index (χ3v) is 5.61. The van der Waals surface area contributed by atoms with Crippen molar-refractivity contribution >= 4 is 32.7 Å². The summed E-state index contributed by atoms with van der Waals surface area (Å²) in [6, 6.07) is 1.84. The molecule has 2 aromatic carbocycles. The molecule has 13 heteroatoms. The second-order valence-corrected chi connectivity index (χ2v) is 7.57. The quantitative estimate of drug-likeness (QED) is 0.108. The first kappa shape index (κ1) is 21.2. The number of hydrogen-bond acceptors (Lipinski definition) is 13. The second-order valence-electron chi connectivity index (χ2n) is 7.57. The van der Waals surface area contributed by atoms with Crippen molar-refractivity contribution in [2.24, 2.45) is 0 Å². The molecule has 1 fully saturated rings. The number of rotatable bonds is 3. The molecule has 1 saturated heterocycles. The summed E-state index contributed by atoms with van der Waals surface area (Å²) in [6.07, 6.45) is -8.38. The van der Waals surface area contributed by atoms with Crippen LogP contribution in [0.25, 0.3) is 32.7 Å². The lowest BCUT2D eigenvalue weighted by Gasteiger charge is -2.39. The molecule has 3 heterocycles. The van der Waals surface area contributed by atoms with Crippen LogP contribution in [0.4, 0.5) is 0 Å². The van der Waals surface area contributed by atoms with E-state index in [1.165, 1.54) is 0 Å². The van der Waals surface area contributed by atoms with Crippen molar-refractivity contribution in [2.75, 3.05) is 6.61 Å². The van der Waals surface area contributed by atoms with Gasteiger partial charge < -0.3 is 54.1 Å². The Hall–Kier alpha value is -3.62. The molecule has 0 amide bonds. The summed E-state index contributed by atoms with van der Waals surface area (Å²) >= 11 is 0. The number of aromatic hydroxyl groups is 3. The van der Waals surface area contributed by atoms with Crippen LogP contribution in [-0.4, -0.2) is 73.1 Å². The first-order valence-electron chi connectivity index (χ1n) is 9.54. The van der Waals surface area contributed by atoms with Crippen molar-refractivity contribution < 1.29 is 54.1 Å². The minimum absolute atomic E-state index is 0.107. The molecule has 0 saturated carbocycles. The van der Waals surface area contributed by atoms with Gasteiger partial charge in [0.05, 0.1) is 17.4 Å².